The van der Waals surface area contributed by atoms with E-state index < -0.39 is 53.9 Å². The largest absolute Gasteiger partial charge is 0.479 e. The normalized spacial score (nSPS) is 29.2. The quantitative estimate of drug-likeness (QED) is 0.777. The van der Waals surface area contributed by atoms with Crippen molar-refractivity contribution in [3.63, 3.8) is 0 Å². The van der Waals surface area contributed by atoms with Gasteiger partial charge in [0, 0.05) is 12.0 Å². The van der Waals surface area contributed by atoms with Crippen LogP contribution in [-0.2, 0) is 16.0 Å². The number of aliphatic carboxylic acids is 1. The lowest BCUT2D eigenvalue weighted by molar-refractivity contribution is -0.273. The van der Waals surface area contributed by atoms with Crippen molar-refractivity contribution in [2.24, 2.45) is 11.8 Å². The first-order valence-electron chi connectivity index (χ1n) is 7.57. The van der Waals surface area contributed by atoms with E-state index in [1.807, 2.05) is 0 Å². The molecule has 1 fully saturated rings. The highest BCUT2D eigenvalue weighted by atomic mass is 19.4. The summed E-state index contributed by atoms with van der Waals surface area (Å²) < 4.78 is 87.4. The van der Waals surface area contributed by atoms with Gasteiger partial charge in [-0.3, -0.25) is 0 Å². The standard InChI is InChI=1S/C16H16F6O4/c1-7-10(12(13(23)24)26-15(7,2)16(20,21)22)5-8-3-4-9(17)6-11(8)25-14(18)19/h3-4,6-7,10,12,14H,5H2,1-2H3,(H,23,24)/t7-,10-,12?,15+/m1/s1. The molecule has 0 amide bonds. The van der Waals surface area contributed by atoms with E-state index >= 15 is 0 Å². The molecule has 10 heteroatoms. The van der Waals surface area contributed by atoms with E-state index in [0.29, 0.717) is 6.07 Å². The van der Waals surface area contributed by atoms with E-state index in [2.05, 4.69) is 4.74 Å². The second kappa shape index (κ2) is 6.98. The zero-order valence-electron chi connectivity index (χ0n) is 13.7. The van der Waals surface area contributed by atoms with E-state index in [1.165, 1.54) is 6.92 Å². The number of ether oxygens (including phenoxy) is 2. The molecule has 1 unspecified atom stereocenters. The molecular formula is C16H16F6O4. The minimum absolute atomic E-state index is 0.0372. The molecule has 4 nitrogen and oxygen atoms in total. The summed E-state index contributed by atoms with van der Waals surface area (Å²) >= 11 is 0. The van der Waals surface area contributed by atoms with Crippen LogP contribution in [0.5, 0.6) is 5.75 Å². The third kappa shape index (κ3) is 3.74. The molecule has 1 aliphatic heterocycles. The maximum absolute atomic E-state index is 13.4. The van der Waals surface area contributed by atoms with Crippen LogP contribution in [0.15, 0.2) is 18.2 Å². The number of hydrogen-bond acceptors (Lipinski definition) is 3. The molecule has 1 aromatic carbocycles. The Morgan fingerprint density at radius 1 is 1.38 bits per heavy atom. The van der Waals surface area contributed by atoms with Gasteiger partial charge in [-0.1, -0.05) is 13.0 Å². The first-order chi connectivity index (χ1) is 11.9. The Kier molecular flexibility index (Phi) is 5.46. The third-order valence-corrected chi connectivity index (χ3v) is 4.78. The van der Waals surface area contributed by atoms with Gasteiger partial charge in [0.1, 0.15) is 11.6 Å². The summed E-state index contributed by atoms with van der Waals surface area (Å²) in [5, 5.41) is 9.23. The lowest BCUT2D eigenvalue weighted by atomic mass is 9.78. The van der Waals surface area contributed by atoms with E-state index in [9.17, 15) is 36.2 Å². The minimum atomic E-state index is -4.83. The van der Waals surface area contributed by atoms with Crippen molar-refractivity contribution in [3.05, 3.63) is 29.6 Å². The maximum atomic E-state index is 13.4. The highest BCUT2D eigenvalue weighted by Gasteiger charge is 2.65. The number of halogens is 6. The molecule has 26 heavy (non-hydrogen) atoms. The topological polar surface area (TPSA) is 55.8 Å². The van der Waals surface area contributed by atoms with E-state index in [0.717, 1.165) is 19.1 Å². The van der Waals surface area contributed by atoms with E-state index in [1.54, 1.807) is 0 Å². The monoisotopic (exact) mass is 386 g/mol. The summed E-state index contributed by atoms with van der Waals surface area (Å²) in [6.07, 6.45) is -7.01. The van der Waals surface area contributed by atoms with Crippen molar-refractivity contribution in [3.8, 4) is 5.75 Å². The third-order valence-electron chi connectivity index (χ3n) is 4.78. The summed E-state index contributed by atoms with van der Waals surface area (Å²) in [6, 6.07) is 2.66. The van der Waals surface area contributed by atoms with Gasteiger partial charge in [0.15, 0.2) is 11.7 Å². The lowest BCUT2D eigenvalue weighted by Gasteiger charge is -2.31. The molecule has 4 atom stereocenters. The van der Waals surface area contributed by atoms with Gasteiger partial charge in [-0.05, 0) is 30.9 Å². The summed E-state index contributed by atoms with van der Waals surface area (Å²) in [4.78, 5) is 11.4. The molecule has 1 saturated heterocycles. The highest BCUT2D eigenvalue weighted by molar-refractivity contribution is 5.73. The molecule has 2 rings (SSSR count). The summed E-state index contributed by atoms with van der Waals surface area (Å²) in [7, 11) is 0. The van der Waals surface area contributed by atoms with Crippen LogP contribution in [0.3, 0.4) is 0 Å². The first kappa shape index (κ1) is 20.3. The zero-order chi connectivity index (χ0) is 19.9. The number of carboxylic acids is 1. The van der Waals surface area contributed by atoms with E-state index in [4.69, 9.17) is 4.74 Å². The van der Waals surface area contributed by atoms with Crippen LogP contribution in [0, 0.1) is 17.7 Å². The molecule has 146 valence electrons. The van der Waals surface area contributed by atoms with Gasteiger partial charge in [-0.2, -0.15) is 22.0 Å². The van der Waals surface area contributed by atoms with E-state index in [-0.39, 0.29) is 12.0 Å². The van der Waals surface area contributed by atoms with Gasteiger partial charge < -0.3 is 14.6 Å². The van der Waals surface area contributed by atoms with Crippen LogP contribution in [-0.4, -0.2) is 35.6 Å². The molecule has 0 bridgehead atoms. The van der Waals surface area contributed by atoms with Crippen LogP contribution in [0.4, 0.5) is 26.3 Å². The first-order valence-corrected chi connectivity index (χ1v) is 7.57. The average Bonchev–Trinajstić information content (AvgIpc) is 2.75. The fraction of sp³-hybridized carbons (Fsp3) is 0.562. The van der Waals surface area contributed by atoms with Crippen LogP contribution < -0.4 is 4.74 Å². The van der Waals surface area contributed by atoms with Gasteiger partial charge in [0.25, 0.3) is 0 Å². The minimum Gasteiger partial charge on any atom is -0.479 e. The molecular weight excluding hydrogens is 370 g/mol. The van der Waals surface area contributed by atoms with Crippen LogP contribution in [0.1, 0.15) is 19.4 Å². The fourth-order valence-electron chi connectivity index (χ4n) is 3.13. The van der Waals surface area contributed by atoms with Crippen molar-refractivity contribution in [2.75, 3.05) is 0 Å². The lowest BCUT2D eigenvalue weighted by Crippen LogP contribution is -2.47. The van der Waals surface area contributed by atoms with Crippen LogP contribution in [0.25, 0.3) is 0 Å². The Balaban J connectivity index is 2.39. The molecule has 1 heterocycles. The van der Waals surface area contributed by atoms with Gasteiger partial charge in [0.05, 0.1) is 0 Å². The molecule has 0 aliphatic carbocycles. The molecule has 0 radical (unpaired) electrons. The molecule has 0 saturated carbocycles. The predicted molar refractivity (Wildman–Crippen MR) is 76.4 cm³/mol. The zero-order valence-corrected chi connectivity index (χ0v) is 13.7. The molecule has 1 aliphatic rings. The maximum Gasteiger partial charge on any atom is 0.417 e. The second-order valence-corrected chi connectivity index (χ2v) is 6.27. The SMILES string of the molecule is C[C@@H]1[C@@H](Cc2ccc(F)cc2OC(F)F)C(C(=O)O)O[C@]1(C)C(F)(F)F. The number of benzene rings is 1. The summed E-state index contributed by atoms with van der Waals surface area (Å²) in [5.74, 6) is -5.53. The number of carboxylic acid groups (broad SMARTS) is 1. The molecule has 1 N–H and O–H groups in total. The Morgan fingerprint density at radius 2 is 2.00 bits per heavy atom. The Labute approximate surface area is 144 Å². The molecule has 0 spiro atoms. The Bertz CT molecular complexity index is 677. The molecule has 1 aromatic rings. The second-order valence-electron chi connectivity index (χ2n) is 6.27. The van der Waals surface area contributed by atoms with Crippen molar-refractivity contribution in [1.82, 2.24) is 0 Å². The van der Waals surface area contributed by atoms with Gasteiger partial charge in [0.2, 0.25) is 0 Å². The fourth-order valence-corrected chi connectivity index (χ4v) is 3.13. The van der Waals surface area contributed by atoms with Crippen LogP contribution in [0.2, 0.25) is 0 Å². The predicted octanol–water partition coefficient (Wildman–Crippen LogP) is 4.03. The number of hydrogen-bond donors (Lipinski definition) is 1. The van der Waals surface area contributed by atoms with Gasteiger partial charge in [-0.15, -0.1) is 0 Å². The van der Waals surface area contributed by atoms with Crippen molar-refractivity contribution >= 4 is 5.97 Å². The Morgan fingerprint density at radius 3 is 2.50 bits per heavy atom. The van der Waals surface area contributed by atoms with Gasteiger partial charge in [-0.25, -0.2) is 9.18 Å². The average molecular weight is 386 g/mol. The summed E-state index contributed by atoms with van der Waals surface area (Å²) in [6.45, 7) is -1.35. The van der Waals surface area contributed by atoms with Crippen molar-refractivity contribution in [1.29, 1.82) is 0 Å². The number of rotatable bonds is 5. The highest BCUT2D eigenvalue weighted by Crippen LogP contribution is 2.50. The number of alkyl halides is 5. The number of carbonyl (C=O) groups is 1. The summed E-state index contributed by atoms with van der Waals surface area (Å²) in [5.41, 5.74) is -2.75. The smallest absolute Gasteiger partial charge is 0.417 e. The Hall–Kier alpha value is -1.97. The molecule has 0 aromatic heterocycles. The van der Waals surface area contributed by atoms with Crippen molar-refractivity contribution < 1.29 is 45.7 Å². The van der Waals surface area contributed by atoms with Crippen molar-refractivity contribution in [2.45, 2.75) is 44.8 Å². The van der Waals surface area contributed by atoms with Gasteiger partial charge >= 0.3 is 18.8 Å². The van der Waals surface area contributed by atoms with Crippen LogP contribution >= 0.6 is 0 Å².